The van der Waals surface area contributed by atoms with Crippen LogP contribution in [0.25, 0.3) is 0 Å². The molecule has 0 bridgehead atoms. The second kappa shape index (κ2) is 5.75. The smallest absolute Gasteiger partial charge is 0.146 e. The van der Waals surface area contributed by atoms with E-state index in [0.29, 0.717) is 0 Å². The van der Waals surface area contributed by atoms with Crippen molar-refractivity contribution >= 4 is 39.1 Å². The highest BCUT2D eigenvalue weighted by Crippen LogP contribution is 2.36. The highest BCUT2D eigenvalue weighted by molar-refractivity contribution is 9.10. The average Bonchev–Trinajstić information content (AvgIpc) is 2.37. The lowest BCUT2D eigenvalue weighted by atomic mass is 10.0. The van der Waals surface area contributed by atoms with Gasteiger partial charge in [0.25, 0.3) is 0 Å². The van der Waals surface area contributed by atoms with Crippen LogP contribution in [0.2, 0.25) is 10.0 Å². The van der Waals surface area contributed by atoms with E-state index in [9.17, 15) is 13.9 Å². The van der Waals surface area contributed by atoms with Gasteiger partial charge in [0.2, 0.25) is 0 Å². The first-order valence-electron chi connectivity index (χ1n) is 5.19. The molecule has 100 valence electrons. The number of aliphatic hydroxyl groups is 1. The zero-order chi connectivity index (χ0) is 14.2. The molecular weight excluding hydrogens is 361 g/mol. The van der Waals surface area contributed by atoms with Crippen molar-refractivity contribution < 1.29 is 13.9 Å². The highest BCUT2D eigenvalue weighted by atomic mass is 79.9. The third-order valence-corrected chi connectivity index (χ3v) is 4.07. The van der Waals surface area contributed by atoms with Crippen LogP contribution in [0.4, 0.5) is 8.78 Å². The van der Waals surface area contributed by atoms with Crippen molar-refractivity contribution in [3.05, 3.63) is 67.6 Å². The molecular formula is C13H7BrCl2F2O. The normalized spacial score (nSPS) is 12.5. The Morgan fingerprint density at radius 3 is 2.47 bits per heavy atom. The molecule has 1 nitrogen and oxygen atoms in total. The summed E-state index contributed by atoms with van der Waals surface area (Å²) in [7, 11) is 0. The van der Waals surface area contributed by atoms with Gasteiger partial charge in [-0.2, -0.15) is 0 Å². The van der Waals surface area contributed by atoms with Crippen molar-refractivity contribution in [1.29, 1.82) is 0 Å². The van der Waals surface area contributed by atoms with Gasteiger partial charge in [0.05, 0.1) is 20.1 Å². The van der Waals surface area contributed by atoms with Gasteiger partial charge in [-0.05, 0) is 34.1 Å². The molecule has 0 aliphatic carbocycles. The summed E-state index contributed by atoms with van der Waals surface area (Å²) in [6.07, 6.45) is -1.54. The Bertz CT molecular complexity index is 634. The van der Waals surface area contributed by atoms with Crippen LogP contribution < -0.4 is 0 Å². The Morgan fingerprint density at radius 2 is 1.79 bits per heavy atom. The van der Waals surface area contributed by atoms with Gasteiger partial charge >= 0.3 is 0 Å². The van der Waals surface area contributed by atoms with E-state index in [1.165, 1.54) is 18.2 Å². The summed E-state index contributed by atoms with van der Waals surface area (Å²) in [5, 5.41) is 10.4. The first-order chi connectivity index (χ1) is 8.93. The maximum absolute atomic E-state index is 13.9. The lowest BCUT2D eigenvalue weighted by molar-refractivity contribution is 0.209. The lowest BCUT2D eigenvalue weighted by Crippen LogP contribution is -2.07. The van der Waals surface area contributed by atoms with Gasteiger partial charge in [-0.1, -0.05) is 35.3 Å². The number of hydrogen-bond donors (Lipinski definition) is 1. The highest BCUT2D eigenvalue weighted by Gasteiger charge is 2.24. The van der Waals surface area contributed by atoms with E-state index in [4.69, 9.17) is 23.2 Å². The van der Waals surface area contributed by atoms with E-state index in [-0.39, 0.29) is 20.1 Å². The number of hydrogen-bond acceptors (Lipinski definition) is 1. The van der Waals surface area contributed by atoms with Crippen LogP contribution in [-0.2, 0) is 0 Å². The Hall–Kier alpha value is -0.680. The van der Waals surface area contributed by atoms with Crippen LogP contribution >= 0.6 is 39.1 Å². The van der Waals surface area contributed by atoms with Gasteiger partial charge < -0.3 is 5.11 Å². The van der Waals surface area contributed by atoms with Gasteiger partial charge in [-0.25, -0.2) is 8.78 Å². The molecule has 0 aromatic heterocycles. The minimum Gasteiger partial charge on any atom is -0.383 e. The zero-order valence-corrected chi connectivity index (χ0v) is 12.4. The zero-order valence-electron chi connectivity index (χ0n) is 9.30. The summed E-state index contributed by atoms with van der Waals surface area (Å²) >= 11 is 14.7. The second-order valence-corrected chi connectivity index (χ2v) is 5.44. The maximum Gasteiger partial charge on any atom is 0.146 e. The number of benzene rings is 2. The first-order valence-corrected chi connectivity index (χ1v) is 6.73. The van der Waals surface area contributed by atoms with Crippen molar-refractivity contribution in [2.24, 2.45) is 0 Å². The van der Waals surface area contributed by atoms with E-state index in [1.54, 1.807) is 6.07 Å². The van der Waals surface area contributed by atoms with Gasteiger partial charge in [0.15, 0.2) is 0 Å². The molecule has 2 rings (SSSR count). The second-order valence-electron chi connectivity index (χ2n) is 3.80. The van der Waals surface area contributed by atoms with Crippen LogP contribution in [0.3, 0.4) is 0 Å². The predicted octanol–water partition coefficient (Wildman–Crippen LogP) is 5.12. The van der Waals surface area contributed by atoms with Crippen LogP contribution in [-0.4, -0.2) is 5.11 Å². The fraction of sp³-hybridized carbons (Fsp3) is 0.0769. The fourth-order valence-electron chi connectivity index (χ4n) is 1.68. The van der Waals surface area contributed by atoms with Gasteiger partial charge in [0.1, 0.15) is 17.7 Å². The van der Waals surface area contributed by atoms with Crippen molar-refractivity contribution in [2.45, 2.75) is 6.10 Å². The van der Waals surface area contributed by atoms with E-state index in [1.807, 2.05) is 0 Å². The quantitative estimate of drug-likeness (QED) is 0.730. The minimum absolute atomic E-state index is 0.0566. The van der Waals surface area contributed by atoms with Crippen LogP contribution in [0, 0.1) is 11.6 Å². The summed E-state index contributed by atoms with van der Waals surface area (Å²) in [5.41, 5.74) is -0.330. The number of aliphatic hydroxyl groups excluding tert-OH is 1. The molecule has 1 N–H and O–H groups in total. The monoisotopic (exact) mass is 366 g/mol. The number of halogens is 5. The van der Waals surface area contributed by atoms with Gasteiger partial charge in [-0.15, -0.1) is 0 Å². The molecule has 2 aromatic rings. The summed E-state index contributed by atoms with van der Waals surface area (Å²) in [4.78, 5) is 0. The van der Waals surface area contributed by atoms with Crippen LogP contribution in [0.15, 0.2) is 34.8 Å². The van der Waals surface area contributed by atoms with Crippen molar-refractivity contribution in [2.75, 3.05) is 0 Å². The van der Waals surface area contributed by atoms with Gasteiger partial charge in [-0.3, -0.25) is 0 Å². The minimum atomic E-state index is -1.54. The van der Waals surface area contributed by atoms with Crippen LogP contribution in [0.1, 0.15) is 17.2 Å². The summed E-state index contributed by atoms with van der Waals surface area (Å²) in [5.74, 6) is -1.73. The molecule has 0 saturated carbocycles. The Balaban J connectivity index is 2.59. The molecule has 0 amide bonds. The first kappa shape index (κ1) is 14.7. The Morgan fingerprint density at radius 1 is 1.11 bits per heavy atom. The topological polar surface area (TPSA) is 20.2 Å². The number of rotatable bonds is 2. The van der Waals surface area contributed by atoms with Gasteiger partial charge in [0, 0.05) is 5.56 Å². The largest absolute Gasteiger partial charge is 0.383 e. The third-order valence-electron chi connectivity index (χ3n) is 2.63. The summed E-state index contributed by atoms with van der Waals surface area (Å²) < 4.78 is 27.7. The molecule has 0 fully saturated rings. The molecule has 0 aliphatic rings. The SMILES string of the molecule is OC(c1cccc(Cl)c1Cl)c1c(F)ccc(Br)c1F. The molecule has 1 unspecified atom stereocenters. The molecule has 19 heavy (non-hydrogen) atoms. The third kappa shape index (κ3) is 2.77. The van der Waals surface area contributed by atoms with E-state index < -0.39 is 23.3 Å². The standard InChI is InChI=1S/C13H7BrCl2F2O/c14-7-4-5-9(17)10(12(7)18)13(19)6-2-1-3-8(15)11(6)16/h1-5,13,19H. The van der Waals surface area contributed by atoms with E-state index in [0.717, 1.165) is 6.07 Å². The molecule has 0 saturated heterocycles. The lowest BCUT2D eigenvalue weighted by Gasteiger charge is -2.16. The Kier molecular flexibility index (Phi) is 4.46. The summed E-state index contributed by atoms with van der Waals surface area (Å²) in [6, 6.07) is 6.80. The average molecular weight is 368 g/mol. The maximum atomic E-state index is 13.9. The fourth-order valence-corrected chi connectivity index (χ4v) is 2.44. The molecule has 1 atom stereocenters. The van der Waals surface area contributed by atoms with Crippen molar-refractivity contribution in [3.63, 3.8) is 0 Å². The van der Waals surface area contributed by atoms with Crippen molar-refractivity contribution in [3.8, 4) is 0 Å². The van der Waals surface area contributed by atoms with E-state index >= 15 is 0 Å². The Labute approximate surface area is 126 Å². The molecule has 0 radical (unpaired) electrons. The predicted molar refractivity (Wildman–Crippen MR) is 74.6 cm³/mol. The van der Waals surface area contributed by atoms with E-state index in [2.05, 4.69) is 15.9 Å². The molecule has 2 aromatic carbocycles. The van der Waals surface area contributed by atoms with Crippen molar-refractivity contribution in [1.82, 2.24) is 0 Å². The molecule has 0 aliphatic heterocycles. The molecule has 0 spiro atoms. The molecule has 0 heterocycles. The summed E-state index contributed by atoms with van der Waals surface area (Å²) in [6.45, 7) is 0. The van der Waals surface area contributed by atoms with Crippen LogP contribution in [0.5, 0.6) is 0 Å². The molecule has 6 heteroatoms.